The average Bonchev–Trinajstić information content (AvgIpc) is 2.79. The number of ether oxygens (including phenoxy) is 1. The van der Waals surface area contributed by atoms with Crippen LogP contribution < -0.4 is 10.6 Å². The van der Waals surface area contributed by atoms with E-state index in [-0.39, 0.29) is 18.3 Å². The number of carbonyl (C=O) groups excluding carboxylic acids is 2. The van der Waals surface area contributed by atoms with Gasteiger partial charge in [-0.25, -0.2) is 0 Å². The standard InChI is InChI=1S/C11H20N2O3/c1-16-11(15)5-7-13-10(14)3-2-9-4-6-12-8-9/h9,12H,2-8H2,1H3,(H,13,14). The molecule has 5 heteroatoms. The van der Waals surface area contributed by atoms with E-state index in [2.05, 4.69) is 15.4 Å². The highest BCUT2D eigenvalue weighted by Gasteiger charge is 2.15. The maximum atomic E-state index is 11.4. The molecule has 1 fully saturated rings. The van der Waals surface area contributed by atoms with E-state index in [0.717, 1.165) is 25.9 Å². The lowest BCUT2D eigenvalue weighted by atomic mass is 10.0. The van der Waals surface area contributed by atoms with Crippen molar-refractivity contribution in [2.45, 2.75) is 25.7 Å². The largest absolute Gasteiger partial charge is 0.469 e. The highest BCUT2D eigenvalue weighted by Crippen LogP contribution is 2.13. The summed E-state index contributed by atoms with van der Waals surface area (Å²) < 4.78 is 4.47. The third kappa shape index (κ3) is 5.11. The van der Waals surface area contributed by atoms with Gasteiger partial charge < -0.3 is 15.4 Å². The first-order valence-corrected chi connectivity index (χ1v) is 5.76. The summed E-state index contributed by atoms with van der Waals surface area (Å²) in [4.78, 5) is 22.2. The third-order valence-corrected chi connectivity index (χ3v) is 2.82. The molecule has 1 saturated heterocycles. The zero-order chi connectivity index (χ0) is 11.8. The van der Waals surface area contributed by atoms with Gasteiger partial charge in [0.2, 0.25) is 5.91 Å². The number of hydrogen-bond donors (Lipinski definition) is 2. The Hall–Kier alpha value is -1.10. The van der Waals surface area contributed by atoms with E-state index in [0.29, 0.717) is 18.9 Å². The van der Waals surface area contributed by atoms with E-state index in [9.17, 15) is 9.59 Å². The van der Waals surface area contributed by atoms with Crippen molar-refractivity contribution < 1.29 is 14.3 Å². The van der Waals surface area contributed by atoms with Crippen molar-refractivity contribution in [3.63, 3.8) is 0 Å². The fraction of sp³-hybridized carbons (Fsp3) is 0.818. The Balaban J connectivity index is 2.00. The number of esters is 1. The van der Waals surface area contributed by atoms with E-state index >= 15 is 0 Å². The molecule has 1 atom stereocenters. The number of carbonyl (C=O) groups is 2. The topological polar surface area (TPSA) is 67.4 Å². The predicted molar refractivity (Wildman–Crippen MR) is 59.9 cm³/mol. The van der Waals surface area contributed by atoms with Crippen LogP contribution in [0.2, 0.25) is 0 Å². The van der Waals surface area contributed by atoms with Gasteiger partial charge in [0.05, 0.1) is 13.5 Å². The first-order chi connectivity index (χ1) is 7.72. The smallest absolute Gasteiger partial charge is 0.307 e. The molecule has 0 spiro atoms. The fourth-order valence-electron chi connectivity index (χ4n) is 1.79. The first-order valence-electron chi connectivity index (χ1n) is 5.76. The third-order valence-electron chi connectivity index (χ3n) is 2.82. The van der Waals surface area contributed by atoms with E-state index in [1.54, 1.807) is 0 Å². The van der Waals surface area contributed by atoms with Crippen LogP contribution in [0.25, 0.3) is 0 Å². The molecule has 1 amide bonds. The monoisotopic (exact) mass is 228 g/mol. The predicted octanol–water partition coefficient (Wildman–Crippen LogP) is 0.0554. The number of hydrogen-bond acceptors (Lipinski definition) is 4. The Bertz CT molecular complexity index is 237. The quantitative estimate of drug-likeness (QED) is 0.631. The highest BCUT2D eigenvalue weighted by atomic mass is 16.5. The van der Waals surface area contributed by atoms with Crippen LogP contribution in [0.1, 0.15) is 25.7 Å². The van der Waals surface area contributed by atoms with Gasteiger partial charge in [0.15, 0.2) is 0 Å². The van der Waals surface area contributed by atoms with Gasteiger partial charge in [-0.05, 0) is 31.8 Å². The van der Waals surface area contributed by atoms with Gasteiger partial charge >= 0.3 is 5.97 Å². The number of nitrogens with one attached hydrogen (secondary N) is 2. The van der Waals surface area contributed by atoms with Crippen molar-refractivity contribution in [2.75, 3.05) is 26.7 Å². The van der Waals surface area contributed by atoms with Gasteiger partial charge in [-0.15, -0.1) is 0 Å². The molecular formula is C11H20N2O3. The van der Waals surface area contributed by atoms with Crippen LogP contribution in [0.4, 0.5) is 0 Å². The molecule has 0 saturated carbocycles. The fourth-order valence-corrected chi connectivity index (χ4v) is 1.79. The molecule has 5 nitrogen and oxygen atoms in total. The molecule has 2 N–H and O–H groups in total. The second-order valence-corrected chi connectivity index (χ2v) is 4.07. The molecule has 16 heavy (non-hydrogen) atoms. The van der Waals surface area contributed by atoms with Gasteiger partial charge in [-0.3, -0.25) is 9.59 Å². The average molecular weight is 228 g/mol. The Morgan fingerprint density at radius 3 is 2.88 bits per heavy atom. The van der Waals surface area contributed by atoms with Crippen molar-refractivity contribution in [3.8, 4) is 0 Å². The lowest BCUT2D eigenvalue weighted by Crippen LogP contribution is -2.26. The van der Waals surface area contributed by atoms with Gasteiger partial charge in [-0.1, -0.05) is 0 Å². The number of amides is 1. The molecule has 1 unspecified atom stereocenters. The highest BCUT2D eigenvalue weighted by molar-refractivity contribution is 5.76. The second kappa shape index (κ2) is 7.22. The lowest BCUT2D eigenvalue weighted by molar-refractivity contribution is -0.140. The van der Waals surface area contributed by atoms with E-state index in [1.807, 2.05) is 0 Å². The van der Waals surface area contributed by atoms with E-state index < -0.39 is 0 Å². The first kappa shape index (κ1) is 13.0. The maximum absolute atomic E-state index is 11.4. The van der Waals surface area contributed by atoms with Gasteiger partial charge in [-0.2, -0.15) is 0 Å². The minimum absolute atomic E-state index is 0.0239. The summed E-state index contributed by atoms with van der Waals surface area (Å²) in [6.07, 6.45) is 2.88. The van der Waals surface area contributed by atoms with Crippen molar-refractivity contribution in [1.82, 2.24) is 10.6 Å². The molecule has 0 bridgehead atoms. The number of methoxy groups -OCH3 is 1. The lowest BCUT2D eigenvalue weighted by Gasteiger charge is -2.08. The van der Waals surface area contributed by atoms with Gasteiger partial charge in [0.1, 0.15) is 0 Å². The molecule has 0 aromatic rings. The van der Waals surface area contributed by atoms with Crippen molar-refractivity contribution in [1.29, 1.82) is 0 Å². The maximum Gasteiger partial charge on any atom is 0.307 e. The molecule has 1 rings (SSSR count). The Labute approximate surface area is 95.9 Å². The van der Waals surface area contributed by atoms with Crippen LogP contribution >= 0.6 is 0 Å². The van der Waals surface area contributed by atoms with Crippen LogP contribution in [0.5, 0.6) is 0 Å². The zero-order valence-electron chi connectivity index (χ0n) is 9.75. The summed E-state index contributed by atoms with van der Waals surface area (Å²) in [6.45, 7) is 2.46. The summed E-state index contributed by atoms with van der Waals surface area (Å²) >= 11 is 0. The minimum atomic E-state index is -0.291. The van der Waals surface area contributed by atoms with Crippen molar-refractivity contribution >= 4 is 11.9 Å². The molecule has 0 aliphatic carbocycles. The van der Waals surface area contributed by atoms with E-state index in [4.69, 9.17) is 0 Å². The molecule has 1 aliphatic heterocycles. The Morgan fingerprint density at radius 2 is 2.25 bits per heavy atom. The van der Waals surface area contributed by atoms with Crippen LogP contribution in [-0.4, -0.2) is 38.6 Å². The molecule has 0 aromatic heterocycles. The summed E-state index contributed by atoms with van der Waals surface area (Å²) in [5, 5.41) is 5.98. The summed E-state index contributed by atoms with van der Waals surface area (Å²) in [6, 6.07) is 0. The van der Waals surface area contributed by atoms with Crippen molar-refractivity contribution in [2.24, 2.45) is 5.92 Å². The molecule has 1 heterocycles. The molecule has 0 aromatic carbocycles. The Kier molecular flexibility index (Phi) is 5.85. The van der Waals surface area contributed by atoms with Crippen LogP contribution in [-0.2, 0) is 14.3 Å². The van der Waals surface area contributed by atoms with Crippen molar-refractivity contribution in [3.05, 3.63) is 0 Å². The Morgan fingerprint density at radius 1 is 1.44 bits per heavy atom. The zero-order valence-corrected chi connectivity index (χ0v) is 9.75. The summed E-state index contributed by atoms with van der Waals surface area (Å²) in [5.74, 6) is 0.363. The molecule has 92 valence electrons. The minimum Gasteiger partial charge on any atom is -0.469 e. The van der Waals surface area contributed by atoms with Gasteiger partial charge in [0, 0.05) is 13.0 Å². The summed E-state index contributed by atoms with van der Waals surface area (Å²) in [5.41, 5.74) is 0. The normalized spacial score (nSPS) is 19.4. The van der Waals surface area contributed by atoms with Crippen LogP contribution in [0.3, 0.4) is 0 Å². The number of rotatable bonds is 6. The second-order valence-electron chi connectivity index (χ2n) is 4.07. The summed E-state index contributed by atoms with van der Waals surface area (Å²) in [7, 11) is 1.34. The SMILES string of the molecule is COC(=O)CCNC(=O)CCC1CCNC1. The van der Waals surface area contributed by atoms with Gasteiger partial charge in [0.25, 0.3) is 0 Å². The van der Waals surface area contributed by atoms with Crippen LogP contribution in [0, 0.1) is 5.92 Å². The van der Waals surface area contributed by atoms with E-state index in [1.165, 1.54) is 7.11 Å². The van der Waals surface area contributed by atoms with Crippen LogP contribution in [0.15, 0.2) is 0 Å². The molecule has 0 radical (unpaired) electrons. The molecule has 1 aliphatic rings. The molecular weight excluding hydrogens is 208 g/mol.